The van der Waals surface area contributed by atoms with Gasteiger partial charge in [0.2, 0.25) is 0 Å². The number of aromatic nitrogens is 2. The van der Waals surface area contributed by atoms with E-state index in [0.29, 0.717) is 12.4 Å². The molecule has 23 heavy (non-hydrogen) atoms. The van der Waals surface area contributed by atoms with Gasteiger partial charge < -0.3 is 20.4 Å². The largest absolute Gasteiger partial charge is 0.394 e. The minimum atomic E-state index is -0.952. The molecular weight excluding hydrogens is 312 g/mol. The average Bonchev–Trinajstić information content (AvgIpc) is 3.24. The van der Waals surface area contributed by atoms with Crippen molar-refractivity contribution in [2.45, 2.75) is 31.4 Å². The van der Waals surface area contributed by atoms with Gasteiger partial charge in [-0.2, -0.15) is 11.3 Å². The average molecular weight is 334 g/mol. The van der Waals surface area contributed by atoms with Gasteiger partial charge in [0.1, 0.15) is 23.6 Å². The van der Waals surface area contributed by atoms with Crippen LogP contribution in [-0.4, -0.2) is 45.9 Å². The SMILES string of the molecule is CC(O)(CNc1cc(N2CCCC2CO)ncn1)c1ccsc1. The highest BCUT2D eigenvalue weighted by molar-refractivity contribution is 7.08. The maximum absolute atomic E-state index is 10.6. The Morgan fingerprint density at radius 1 is 1.48 bits per heavy atom. The van der Waals surface area contributed by atoms with Crippen LogP contribution in [0.1, 0.15) is 25.3 Å². The van der Waals surface area contributed by atoms with Crippen LogP contribution in [0.2, 0.25) is 0 Å². The number of hydrogen-bond acceptors (Lipinski definition) is 7. The molecule has 0 aliphatic carbocycles. The van der Waals surface area contributed by atoms with Gasteiger partial charge in [-0.25, -0.2) is 9.97 Å². The number of hydrogen-bond donors (Lipinski definition) is 3. The molecule has 1 saturated heterocycles. The van der Waals surface area contributed by atoms with Gasteiger partial charge in [0, 0.05) is 19.2 Å². The molecule has 3 heterocycles. The Morgan fingerprint density at radius 3 is 3.09 bits per heavy atom. The van der Waals surface area contributed by atoms with Gasteiger partial charge in [-0.15, -0.1) is 0 Å². The van der Waals surface area contributed by atoms with Crippen LogP contribution in [-0.2, 0) is 5.60 Å². The van der Waals surface area contributed by atoms with Crippen LogP contribution in [0.25, 0.3) is 0 Å². The van der Waals surface area contributed by atoms with Crippen LogP contribution in [0.4, 0.5) is 11.6 Å². The Morgan fingerprint density at radius 2 is 2.35 bits per heavy atom. The van der Waals surface area contributed by atoms with E-state index in [9.17, 15) is 10.2 Å². The van der Waals surface area contributed by atoms with E-state index in [1.807, 2.05) is 22.9 Å². The first-order valence-corrected chi connectivity index (χ1v) is 8.73. The van der Waals surface area contributed by atoms with E-state index in [0.717, 1.165) is 30.8 Å². The predicted molar refractivity (Wildman–Crippen MR) is 91.9 cm³/mol. The molecule has 0 saturated carbocycles. The lowest BCUT2D eigenvalue weighted by Gasteiger charge is -2.25. The normalized spacial score (nSPS) is 20.5. The molecular formula is C16H22N4O2S. The Balaban J connectivity index is 1.68. The van der Waals surface area contributed by atoms with E-state index >= 15 is 0 Å². The molecule has 124 valence electrons. The predicted octanol–water partition coefficient (Wildman–Crippen LogP) is 1.82. The molecule has 1 fully saturated rings. The van der Waals surface area contributed by atoms with Crippen molar-refractivity contribution in [3.05, 3.63) is 34.8 Å². The Bertz CT molecular complexity index is 633. The molecule has 1 aliphatic rings. The van der Waals surface area contributed by atoms with E-state index in [1.54, 1.807) is 18.3 Å². The zero-order chi connectivity index (χ0) is 16.3. The van der Waals surface area contributed by atoms with Gasteiger partial charge in [-0.1, -0.05) is 0 Å². The third kappa shape index (κ3) is 3.63. The molecule has 2 atom stereocenters. The van der Waals surface area contributed by atoms with Gasteiger partial charge in [-0.05, 0) is 42.2 Å². The van der Waals surface area contributed by atoms with E-state index in [1.165, 1.54) is 6.33 Å². The molecule has 0 spiro atoms. The van der Waals surface area contributed by atoms with E-state index in [4.69, 9.17) is 0 Å². The maximum atomic E-state index is 10.6. The molecule has 2 aromatic rings. The standard InChI is InChI=1S/C16H22N4O2S/c1-16(22,12-4-6-23-9-12)10-17-14-7-15(19-11-18-14)20-5-2-3-13(20)8-21/h4,6-7,9,11,13,21-22H,2-3,5,8,10H2,1H3,(H,17,18,19). The van der Waals surface area contributed by atoms with Crippen molar-refractivity contribution >= 4 is 23.0 Å². The minimum Gasteiger partial charge on any atom is -0.394 e. The summed E-state index contributed by atoms with van der Waals surface area (Å²) in [6.07, 6.45) is 3.56. The highest BCUT2D eigenvalue weighted by Crippen LogP contribution is 2.26. The van der Waals surface area contributed by atoms with E-state index in [-0.39, 0.29) is 12.6 Å². The molecule has 1 aliphatic heterocycles. The maximum Gasteiger partial charge on any atom is 0.134 e. The smallest absolute Gasteiger partial charge is 0.134 e. The summed E-state index contributed by atoms with van der Waals surface area (Å²) in [7, 11) is 0. The summed E-state index contributed by atoms with van der Waals surface area (Å²) in [5, 5.41) is 27.1. The van der Waals surface area contributed by atoms with Crippen molar-refractivity contribution in [1.82, 2.24) is 9.97 Å². The van der Waals surface area contributed by atoms with Crippen LogP contribution in [0.15, 0.2) is 29.2 Å². The fraction of sp³-hybridized carbons (Fsp3) is 0.500. The summed E-state index contributed by atoms with van der Waals surface area (Å²) < 4.78 is 0. The number of aliphatic hydroxyl groups is 2. The van der Waals surface area contributed by atoms with Crippen molar-refractivity contribution < 1.29 is 10.2 Å². The van der Waals surface area contributed by atoms with Crippen molar-refractivity contribution in [2.75, 3.05) is 29.9 Å². The second-order valence-electron chi connectivity index (χ2n) is 6.07. The van der Waals surface area contributed by atoms with E-state index < -0.39 is 5.60 Å². The molecule has 0 aromatic carbocycles. The summed E-state index contributed by atoms with van der Waals surface area (Å²) in [4.78, 5) is 10.7. The van der Waals surface area contributed by atoms with Crippen LogP contribution in [0.5, 0.6) is 0 Å². The first-order valence-electron chi connectivity index (χ1n) is 7.78. The molecule has 0 radical (unpaired) electrons. The lowest BCUT2D eigenvalue weighted by Crippen LogP contribution is -2.33. The van der Waals surface area contributed by atoms with Crippen LogP contribution in [0, 0.1) is 0 Å². The second kappa shape index (κ2) is 6.82. The zero-order valence-electron chi connectivity index (χ0n) is 13.1. The Hall–Kier alpha value is -1.70. The lowest BCUT2D eigenvalue weighted by molar-refractivity contribution is 0.0719. The zero-order valence-corrected chi connectivity index (χ0v) is 14.0. The molecule has 7 heteroatoms. The molecule has 2 unspecified atom stereocenters. The molecule has 2 aromatic heterocycles. The van der Waals surface area contributed by atoms with Crippen LogP contribution < -0.4 is 10.2 Å². The molecule has 0 amide bonds. The quantitative estimate of drug-likeness (QED) is 0.748. The lowest BCUT2D eigenvalue weighted by atomic mass is 9.99. The summed E-state index contributed by atoms with van der Waals surface area (Å²) >= 11 is 1.57. The number of thiophene rings is 1. The number of nitrogens with one attached hydrogen (secondary N) is 1. The summed E-state index contributed by atoms with van der Waals surface area (Å²) in [5.41, 5.74) is -0.0592. The topological polar surface area (TPSA) is 81.5 Å². The fourth-order valence-electron chi connectivity index (χ4n) is 2.86. The summed E-state index contributed by atoms with van der Waals surface area (Å²) in [6, 6.07) is 3.93. The number of nitrogens with zero attached hydrogens (tertiary/aromatic N) is 3. The Kier molecular flexibility index (Phi) is 4.79. The van der Waals surface area contributed by atoms with Gasteiger partial charge in [-0.3, -0.25) is 0 Å². The molecule has 3 rings (SSSR count). The first-order chi connectivity index (χ1) is 11.1. The molecule has 3 N–H and O–H groups in total. The summed E-state index contributed by atoms with van der Waals surface area (Å²) in [6.45, 7) is 3.18. The fourth-order valence-corrected chi connectivity index (χ4v) is 3.65. The minimum absolute atomic E-state index is 0.131. The first kappa shape index (κ1) is 16.2. The van der Waals surface area contributed by atoms with Gasteiger partial charge >= 0.3 is 0 Å². The monoisotopic (exact) mass is 334 g/mol. The van der Waals surface area contributed by atoms with Crippen LogP contribution >= 0.6 is 11.3 Å². The third-order valence-corrected chi connectivity index (χ3v) is 4.97. The van der Waals surface area contributed by atoms with Crippen molar-refractivity contribution in [3.8, 4) is 0 Å². The van der Waals surface area contributed by atoms with Crippen molar-refractivity contribution in [2.24, 2.45) is 0 Å². The van der Waals surface area contributed by atoms with Gasteiger partial charge in [0.05, 0.1) is 12.6 Å². The summed E-state index contributed by atoms with van der Waals surface area (Å²) in [5.74, 6) is 1.49. The number of rotatable bonds is 6. The molecule has 6 nitrogen and oxygen atoms in total. The third-order valence-electron chi connectivity index (χ3n) is 4.29. The number of aliphatic hydroxyl groups excluding tert-OH is 1. The molecule has 0 bridgehead atoms. The Labute approximate surface area is 139 Å². The van der Waals surface area contributed by atoms with Crippen LogP contribution in [0.3, 0.4) is 0 Å². The van der Waals surface area contributed by atoms with Crippen molar-refractivity contribution in [1.29, 1.82) is 0 Å². The highest BCUT2D eigenvalue weighted by Gasteiger charge is 2.26. The van der Waals surface area contributed by atoms with Gasteiger partial charge in [0.25, 0.3) is 0 Å². The van der Waals surface area contributed by atoms with Crippen molar-refractivity contribution in [3.63, 3.8) is 0 Å². The van der Waals surface area contributed by atoms with E-state index in [2.05, 4.69) is 20.2 Å². The second-order valence-corrected chi connectivity index (χ2v) is 6.85. The highest BCUT2D eigenvalue weighted by atomic mass is 32.1. The number of anilines is 2. The van der Waals surface area contributed by atoms with Gasteiger partial charge in [0.15, 0.2) is 0 Å².